The van der Waals surface area contributed by atoms with Gasteiger partial charge in [-0.1, -0.05) is 6.07 Å². The van der Waals surface area contributed by atoms with Gasteiger partial charge >= 0.3 is 5.97 Å². The molecule has 18 heavy (non-hydrogen) atoms. The molecule has 0 aromatic carbocycles. The van der Waals surface area contributed by atoms with Crippen LogP contribution in [-0.4, -0.2) is 34.2 Å². The number of allylic oxidation sites excluding steroid dienone is 1. The third-order valence-electron chi connectivity index (χ3n) is 2.62. The van der Waals surface area contributed by atoms with E-state index in [-0.39, 0.29) is 18.9 Å². The van der Waals surface area contributed by atoms with Gasteiger partial charge in [0.1, 0.15) is 0 Å². The molecule has 6 heteroatoms. The number of amides is 1. The van der Waals surface area contributed by atoms with Gasteiger partial charge < -0.3 is 10.0 Å². The van der Waals surface area contributed by atoms with E-state index < -0.39 is 5.97 Å². The molecule has 2 heterocycles. The Morgan fingerprint density at radius 1 is 1.56 bits per heavy atom. The van der Waals surface area contributed by atoms with Crippen molar-refractivity contribution < 1.29 is 14.7 Å². The van der Waals surface area contributed by atoms with Gasteiger partial charge in [0.2, 0.25) is 5.91 Å². The summed E-state index contributed by atoms with van der Waals surface area (Å²) in [5.74, 6) is -0.514. The third-order valence-corrected chi connectivity index (χ3v) is 4.51. The first kappa shape index (κ1) is 13.2. The van der Waals surface area contributed by atoms with Crippen LogP contribution in [-0.2, 0) is 9.59 Å². The van der Waals surface area contributed by atoms with E-state index in [1.54, 1.807) is 16.2 Å². The first-order valence-electron chi connectivity index (χ1n) is 5.49. The number of hydrogen-bond acceptors (Lipinski definition) is 4. The number of aliphatic carboxylic acids is 1. The second-order valence-corrected chi connectivity index (χ2v) is 6.00. The highest BCUT2D eigenvalue weighted by Crippen LogP contribution is 2.36. The second kappa shape index (κ2) is 5.58. The van der Waals surface area contributed by atoms with Crippen LogP contribution in [0.2, 0.25) is 0 Å². The lowest BCUT2D eigenvalue weighted by Gasteiger charge is -2.29. The Morgan fingerprint density at radius 3 is 2.94 bits per heavy atom. The van der Waals surface area contributed by atoms with Crippen LogP contribution in [0.25, 0.3) is 5.70 Å². The summed E-state index contributed by atoms with van der Waals surface area (Å²) in [6.07, 6.45) is -0.0292. The number of thiophene rings is 1. The molecule has 0 fully saturated rings. The molecule has 1 aliphatic heterocycles. The molecule has 0 radical (unpaired) electrons. The number of carboxylic acid groups (broad SMARTS) is 1. The molecule has 0 saturated heterocycles. The Hall–Kier alpha value is -1.27. The van der Waals surface area contributed by atoms with Gasteiger partial charge in [-0.3, -0.25) is 9.59 Å². The Morgan fingerprint density at radius 2 is 2.33 bits per heavy atom. The predicted molar refractivity (Wildman–Crippen MR) is 73.3 cm³/mol. The molecule has 0 bridgehead atoms. The zero-order chi connectivity index (χ0) is 13.1. The molecule has 1 aromatic heterocycles. The van der Waals surface area contributed by atoms with Crippen LogP contribution in [0.1, 0.15) is 18.2 Å². The average molecular weight is 283 g/mol. The van der Waals surface area contributed by atoms with Crippen molar-refractivity contribution in [2.24, 2.45) is 0 Å². The van der Waals surface area contributed by atoms with Crippen molar-refractivity contribution in [3.63, 3.8) is 0 Å². The SMILES string of the molecule is CC1=C(c2cccs2)N(CCC(=O)O)C(=O)CS1. The normalized spacial score (nSPS) is 16.3. The van der Waals surface area contributed by atoms with Gasteiger partial charge in [0.25, 0.3) is 0 Å². The number of rotatable bonds is 4. The molecule has 1 aliphatic rings. The van der Waals surface area contributed by atoms with Gasteiger partial charge in [-0.05, 0) is 18.4 Å². The molecule has 0 aliphatic carbocycles. The van der Waals surface area contributed by atoms with E-state index in [9.17, 15) is 9.59 Å². The zero-order valence-corrected chi connectivity index (χ0v) is 11.5. The fourth-order valence-electron chi connectivity index (χ4n) is 1.79. The first-order valence-corrected chi connectivity index (χ1v) is 7.36. The smallest absolute Gasteiger partial charge is 0.305 e. The predicted octanol–water partition coefficient (Wildman–Crippen LogP) is 2.49. The summed E-state index contributed by atoms with van der Waals surface area (Å²) < 4.78 is 0. The summed E-state index contributed by atoms with van der Waals surface area (Å²) >= 11 is 3.08. The van der Waals surface area contributed by atoms with Crippen molar-refractivity contribution in [2.75, 3.05) is 12.3 Å². The van der Waals surface area contributed by atoms with Gasteiger partial charge in [-0.15, -0.1) is 23.1 Å². The van der Waals surface area contributed by atoms with E-state index in [1.807, 2.05) is 24.4 Å². The number of hydrogen-bond donors (Lipinski definition) is 1. The van der Waals surface area contributed by atoms with E-state index in [4.69, 9.17) is 5.11 Å². The largest absolute Gasteiger partial charge is 0.481 e. The number of carbonyl (C=O) groups excluding carboxylic acids is 1. The van der Waals surface area contributed by atoms with Crippen LogP contribution < -0.4 is 0 Å². The minimum Gasteiger partial charge on any atom is -0.481 e. The lowest BCUT2D eigenvalue weighted by Crippen LogP contribution is -2.35. The van der Waals surface area contributed by atoms with Gasteiger partial charge in [0.15, 0.2) is 0 Å². The minimum absolute atomic E-state index is 0.0183. The molecule has 2 rings (SSSR count). The lowest BCUT2D eigenvalue weighted by atomic mass is 10.2. The van der Waals surface area contributed by atoms with Crippen LogP contribution in [0.4, 0.5) is 0 Å². The number of carboxylic acids is 1. The molecule has 1 aromatic rings. The monoisotopic (exact) mass is 283 g/mol. The Kier molecular flexibility index (Phi) is 4.08. The van der Waals surface area contributed by atoms with E-state index in [0.717, 1.165) is 15.5 Å². The van der Waals surface area contributed by atoms with Crippen LogP contribution in [0, 0.1) is 0 Å². The molecule has 0 unspecified atom stereocenters. The summed E-state index contributed by atoms with van der Waals surface area (Å²) in [6.45, 7) is 2.21. The third kappa shape index (κ3) is 2.76. The molecular formula is C12H13NO3S2. The highest BCUT2D eigenvalue weighted by molar-refractivity contribution is 8.03. The second-order valence-electron chi connectivity index (χ2n) is 3.86. The van der Waals surface area contributed by atoms with E-state index in [1.165, 1.54) is 11.8 Å². The standard InChI is InChI=1S/C12H13NO3S2/c1-8-12(9-3-2-6-17-9)13(5-4-11(15)16)10(14)7-18-8/h2-3,6H,4-5,7H2,1H3,(H,15,16). The minimum atomic E-state index is -0.885. The maximum atomic E-state index is 11.9. The summed E-state index contributed by atoms with van der Waals surface area (Å²) in [5, 5.41) is 10.7. The molecule has 4 nitrogen and oxygen atoms in total. The highest BCUT2D eigenvalue weighted by atomic mass is 32.2. The highest BCUT2D eigenvalue weighted by Gasteiger charge is 2.27. The summed E-state index contributed by atoms with van der Waals surface area (Å²) in [6, 6.07) is 3.88. The van der Waals surface area contributed by atoms with Crippen molar-refractivity contribution in [1.82, 2.24) is 4.90 Å². The molecule has 0 spiro atoms. The Balaban J connectivity index is 2.30. The van der Waals surface area contributed by atoms with Crippen LogP contribution in [0.15, 0.2) is 22.4 Å². The van der Waals surface area contributed by atoms with Crippen LogP contribution in [0.5, 0.6) is 0 Å². The molecule has 0 atom stereocenters. The molecule has 96 valence electrons. The van der Waals surface area contributed by atoms with Gasteiger partial charge in [0, 0.05) is 11.4 Å². The van der Waals surface area contributed by atoms with Gasteiger partial charge in [-0.25, -0.2) is 0 Å². The van der Waals surface area contributed by atoms with E-state index >= 15 is 0 Å². The number of carbonyl (C=O) groups is 2. The Labute approximate surface area is 113 Å². The van der Waals surface area contributed by atoms with Gasteiger partial charge in [0.05, 0.1) is 22.7 Å². The maximum Gasteiger partial charge on any atom is 0.305 e. The topological polar surface area (TPSA) is 57.6 Å². The van der Waals surface area contributed by atoms with Gasteiger partial charge in [-0.2, -0.15) is 0 Å². The quantitative estimate of drug-likeness (QED) is 0.922. The molecular weight excluding hydrogens is 270 g/mol. The molecule has 0 saturated carbocycles. The summed E-state index contributed by atoms with van der Waals surface area (Å²) in [5.41, 5.74) is 0.868. The fourth-order valence-corrected chi connectivity index (χ4v) is 3.55. The Bertz CT molecular complexity index is 493. The molecule has 1 N–H and O–H groups in total. The molecule has 1 amide bonds. The van der Waals surface area contributed by atoms with Crippen molar-refractivity contribution in [3.05, 3.63) is 27.3 Å². The summed E-state index contributed by atoms with van der Waals surface area (Å²) in [4.78, 5) is 26.3. The van der Waals surface area contributed by atoms with Crippen molar-refractivity contribution in [2.45, 2.75) is 13.3 Å². The van der Waals surface area contributed by atoms with Crippen molar-refractivity contribution >= 4 is 40.7 Å². The lowest BCUT2D eigenvalue weighted by molar-refractivity contribution is -0.137. The van der Waals surface area contributed by atoms with Crippen molar-refractivity contribution in [1.29, 1.82) is 0 Å². The van der Waals surface area contributed by atoms with E-state index in [2.05, 4.69) is 0 Å². The fraction of sp³-hybridized carbons (Fsp3) is 0.333. The summed E-state index contributed by atoms with van der Waals surface area (Å²) in [7, 11) is 0. The van der Waals surface area contributed by atoms with Crippen LogP contribution in [0.3, 0.4) is 0 Å². The average Bonchev–Trinajstić information content (AvgIpc) is 2.83. The van der Waals surface area contributed by atoms with E-state index in [0.29, 0.717) is 5.75 Å². The zero-order valence-electron chi connectivity index (χ0n) is 9.88. The van der Waals surface area contributed by atoms with Crippen molar-refractivity contribution in [3.8, 4) is 0 Å². The maximum absolute atomic E-state index is 11.9. The first-order chi connectivity index (χ1) is 8.59. The van der Waals surface area contributed by atoms with Crippen LogP contribution >= 0.6 is 23.1 Å². The number of nitrogens with zero attached hydrogens (tertiary/aromatic N) is 1. The number of thioether (sulfide) groups is 1.